The van der Waals surface area contributed by atoms with Crippen LogP contribution in [0.4, 0.5) is 18.0 Å². The minimum atomic E-state index is -4.36. The third kappa shape index (κ3) is 4.06. The molecule has 1 saturated carbocycles. The number of rotatable bonds is 2. The van der Waals surface area contributed by atoms with Crippen molar-refractivity contribution in [2.75, 3.05) is 13.1 Å². The Hall–Kier alpha value is -1.79. The number of aromatic nitrogens is 1. The van der Waals surface area contributed by atoms with Gasteiger partial charge in [0, 0.05) is 36.3 Å². The van der Waals surface area contributed by atoms with Crippen LogP contribution in [0.3, 0.4) is 0 Å². The minimum Gasteiger partial charge on any atom is -0.444 e. The summed E-state index contributed by atoms with van der Waals surface area (Å²) >= 11 is 0. The van der Waals surface area contributed by atoms with Crippen LogP contribution in [0.2, 0.25) is 0 Å². The van der Waals surface area contributed by atoms with Gasteiger partial charge in [-0.05, 0) is 58.1 Å². The Balaban J connectivity index is 1.55. The van der Waals surface area contributed by atoms with Crippen LogP contribution >= 0.6 is 0 Å². The van der Waals surface area contributed by atoms with Gasteiger partial charge < -0.3 is 9.64 Å². The van der Waals surface area contributed by atoms with Crippen LogP contribution in [0.15, 0.2) is 12.3 Å². The maximum Gasteiger partial charge on any atom is 0.418 e. The number of amides is 1. The monoisotopic (exact) mass is 384 g/mol. The van der Waals surface area contributed by atoms with Crippen LogP contribution in [-0.4, -0.2) is 34.7 Å². The molecule has 1 atom stereocenters. The van der Waals surface area contributed by atoms with E-state index in [4.69, 9.17) is 4.74 Å². The Labute approximate surface area is 158 Å². The average Bonchev–Trinajstić information content (AvgIpc) is 2.40. The number of likely N-dealkylation sites (tertiary alicyclic amines) is 1. The Morgan fingerprint density at radius 3 is 2.37 bits per heavy atom. The summed E-state index contributed by atoms with van der Waals surface area (Å²) in [7, 11) is 0. The fourth-order valence-electron chi connectivity index (χ4n) is 4.25. The van der Waals surface area contributed by atoms with Gasteiger partial charge in [0.05, 0.1) is 5.56 Å². The molecule has 7 heteroatoms. The summed E-state index contributed by atoms with van der Waals surface area (Å²) in [6.45, 7) is 10.4. The lowest BCUT2D eigenvalue weighted by atomic mass is 9.54. The van der Waals surface area contributed by atoms with Gasteiger partial charge in [-0.15, -0.1) is 0 Å². The van der Waals surface area contributed by atoms with Gasteiger partial charge in [0.2, 0.25) is 0 Å². The highest BCUT2D eigenvalue weighted by Crippen LogP contribution is 2.56. The van der Waals surface area contributed by atoms with E-state index in [-0.39, 0.29) is 23.0 Å². The number of carbonyl (C=O) groups excluding carboxylic acids is 1. The van der Waals surface area contributed by atoms with Crippen molar-refractivity contribution in [1.82, 2.24) is 9.88 Å². The number of hydrogen-bond donors (Lipinski definition) is 0. The Kier molecular flexibility index (Phi) is 4.72. The predicted molar refractivity (Wildman–Crippen MR) is 95.4 cm³/mol. The fourth-order valence-corrected chi connectivity index (χ4v) is 4.25. The molecular weight excluding hydrogens is 357 g/mol. The second-order valence-electron chi connectivity index (χ2n) is 9.22. The lowest BCUT2D eigenvalue weighted by molar-refractivity contribution is -0.138. The Morgan fingerprint density at radius 2 is 1.89 bits per heavy atom. The van der Waals surface area contributed by atoms with Crippen LogP contribution in [0.25, 0.3) is 0 Å². The van der Waals surface area contributed by atoms with Crippen molar-refractivity contribution in [3.8, 4) is 0 Å². The first kappa shape index (κ1) is 20.0. The van der Waals surface area contributed by atoms with Gasteiger partial charge in [-0.25, -0.2) is 4.79 Å². The van der Waals surface area contributed by atoms with E-state index >= 15 is 0 Å². The number of nitrogens with zero attached hydrogens (tertiary/aromatic N) is 2. The van der Waals surface area contributed by atoms with Crippen molar-refractivity contribution in [2.45, 2.75) is 65.2 Å². The quantitative estimate of drug-likeness (QED) is 0.707. The summed E-state index contributed by atoms with van der Waals surface area (Å²) in [6, 6.07) is 1.56. The normalized spacial score (nSPS) is 20.8. The zero-order valence-electron chi connectivity index (χ0n) is 16.5. The van der Waals surface area contributed by atoms with E-state index in [1.54, 1.807) is 11.0 Å². The number of aryl methyl sites for hydroxylation is 1. The van der Waals surface area contributed by atoms with E-state index in [2.05, 4.69) is 4.98 Å². The lowest BCUT2D eigenvalue weighted by Gasteiger charge is -2.59. The highest BCUT2D eigenvalue weighted by atomic mass is 19.4. The van der Waals surface area contributed by atoms with Gasteiger partial charge in [0.1, 0.15) is 5.60 Å². The molecule has 1 spiro atoms. The molecule has 1 aliphatic heterocycles. The van der Waals surface area contributed by atoms with Gasteiger partial charge in [-0.1, -0.05) is 6.92 Å². The van der Waals surface area contributed by atoms with E-state index in [9.17, 15) is 18.0 Å². The van der Waals surface area contributed by atoms with Crippen molar-refractivity contribution >= 4 is 6.09 Å². The molecule has 1 aromatic heterocycles. The highest BCUT2D eigenvalue weighted by Gasteiger charge is 2.55. The molecule has 150 valence electrons. The first-order valence-corrected chi connectivity index (χ1v) is 9.31. The molecule has 0 N–H and O–H groups in total. The van der Waals surface area contributed by atoms with Crippen molar-refractivity contribution in [2.24, 2.45) is 11.3 Å². The van der Waals surface area contributed by atoms with Gasteiger partial charge in [-0.2, -0.15) is 13.2 Å². The molecule has 1 saturated heterocycles. The number of ether oxygens (including phenoxy) is 1. The smallest absolute Gasteiger partial charge is 0.418 e. The maximum absolute atomic E-state index is 12.9. The second-order valence-corrected chi connectivity index (χ2v) is 9.22. The molecule has 0 radical (unpaired) electrons. The molecule has 0 unspecified atom stereocenters. The van der Waals surface area contributed by atoms with Crippen molar-refractivity contribution < 1.29 is 22.7 Å². The molecule has 4 nitrogen and oxygen atoms in total. The first-order chi connectivity index (χ1) is 12.3. The fraction of sp³-hybridized carbons (Fsp3) is 0.700. The summed E-state index contributed by atoms with van der Waals surface area (Å²) in [5, 5.41) is 0. The van der Waals surface area contributed by atoms with Crippen molar-refractivity contribution in [3.63, 3.8) is 0 Å². The zero-order chi connectivity index (χ0) is 20.2. The summed E-state index contributed by atoms with van der Waals surface area (Å²) in [4.78, 5) is 17.9. The number of carbonyl (C=O) groups is 1. The second kappa shape index (κ2) is 6.38. The third-order valence-electron chi connectivity index (χ3n) is 5.71. The molecule has 1 aromatic rings. The molecule has 3 rings (SSSR count). The molecule has 2 aliphatic rings. The van der Waals surface area contributed by atoms with E-state index in [1.807, 2.05) is 27.7 Å². The van der Waals surface area contributed by atoms with Crippen LogP contribution < -0.4 is 0 Å². The van der Waals surface area contributed by atoms with E-state index < -0.39 is 17.3 Å². The minimum absolute atomic E-state index is 0.104. The maximum atomic E-state index is 12.9. The van der Waals surface area contributed by atoms with Gasteiger partial charge in [-0.3, -0.25) is 4.98 Å². The largest absolute Gasteiger partial charge is 0.444 e. The molecule has 27 heavy (non-hydrogen) atoms. The summed E-state index contributed by atoms with van der Waals surface area (Å²) in [5.41, 5.74) is -0.0910. The Bertz CT molecular complexity index is 726. The summed E-state index contributed by atoms with van der Waals surface area (Å²) < 4.78 is 44.1. The van der Waals surface area contributed by atoms with Gasteiger partial charge in [0.25, 0.3) is 0 Å². The van der Waals surface area contributed by atoms with E-state index in [0.29, 0.717) is 24.7 Å². The number of hydrogen-bond acceptors (Lipinski definition) is 3. The topological polar surface area (TPSA) is 42.4 Å². The zero-order valence-corrected chi connectivity index (χ0v) is 16.5. The molecule has 1 amide bonds. The third-order valence-corrected chi connectivity index (χ3v) is 5.71. The number of pyridine rings is 1. The van der Waals surface area contributed by atoms with Crippen LogP contribution in [-0.2, 0) is 10.9 Å². The number of halogens is 3. The molecule has 2 heterocycles. The van der Waals surface area contributed by atoms with Gasteiger partial charge in [0.15, 0.2) is 0 Å². The van der Waals surface area contributed by atoms with Crippen LogP contribution in [0.5, 0.6) is 0 Å². The van der Waals surface area contributed by atoms with Crippen molar-refractivity contribution in [3.05, 3.63) is 29.1 Å². The Morgan fingerprint density at radius 1 is 1.30 bits per heavy atom. The van der Waals surface area contributed by atoms with Gasteiger partial charge >= 0.3 is 12.3 Å². The molecule has 0 bridgehead atoms. The molecule has 2 fully saturated rings. The lowest BCUT2D eigenvalue weighted by Crippen LogP contribution is -2.64. The highest BCUT2D eigenvalue weighted by molar-refractivity contribution is 5.69. The molecular formula is C20H27F3N2O2. The predicted octanol–water partition coefficient (Wildman–Crippen LogP) is 5.16. The SMILES string of the molecule is Cc1cc([C@@H](C)C2CC3(C2)CN(C(=O)OC(C)(C)C)C3)ncc1C(F)(F)F. The first-order valence-electron chi connectivity index (χ1n) is 9.31. The van der Waals surface area contributed by atoms with E-state index in [1.165, 1.54) is 6.92 Å². The molecule has 1 aliphatic carbocycles. The van der Waals surface area contributed by atoms with Crippen molar-refractivity contribution in [1.29, 1.82) is 0 Å². The summed E-state index contributed by atoms with van der Waals surface area (Å²) in [6.07, 6.45) is -1.76. The molecule has 0 aromatic carbocycles. The number of alkyl halides is 3. The average molecular weight is 384 g/mol. The standard InChI is InChI=1S/C20H27F3N2O2/c1-12-6-16(24-9-15(12)20(21,22)23)13(2)14-7-19(8-14)10-25(11-19)17(26)27-18(3,4)5/h6,9,13-14H,7-8,10-11H2,1-5H3/t13-/m0/s1. The summed E-state index contributed by atoms with van der Waals surface area (Å²) in [5.74, 6) is 0.488. The van der Waals surface area contributed by atoms with Crippen LogP contribution in [0, 0.1) is 18.3 Å². The van der Waals surface area contributed by atoms with Crippen LogP contribution in [0.1, 0.15) is 63.3 Å². The van der Waals surface area contributed by atoms with E-state index in [0.717, 1.165) is 19.0 Å².